The molecule has 1 heterocycles. The molecule has 0 saturated heterocycles. The Balaban J connectivity index is 2.44. The van der Waals surface area contributed by atoms with Crippen LogP contribution in [0.5, 0.6) is 6.01 Å². The van der Waals surface area contributed by atoms with Gasteiger partial charge in [-0.3, -0.25) is 0 Å². The van der Waals surface area contributed by atoms with Gasteiger partial charge in [0.15, 0.2) is 0 Å². The van der Waals surface area contributed by atoms with Crippen molar-refractivity contribution in [1.82, 2.24) is 15.0 Å². The summed E-state index contributed by atoms with van der Waals surface area (Å²) < 4.78 is 5.39. The molecule has 0 amide bonds. The second-order valence-electron chi connectivity index (χ2n) is 3.85. The fourth-order valence-electron chi connectivity index (χ4n) is 1.16. The van der Waals surface area contributed by atoms with E-state index in [0.29, 0.717) is 18.5 Å². The van der Waals surface area contributed by atoms with Crippen molar-refractivity contribution >= 4 is 17.5 Å². The summed E-state index contributed by atoms with van der Waals surface area (Å²) in [6.07, 6.45) is 2.10. The minimum atomic E-state index is 0.137. The first-order valence-corrected chi connectivity index (χ1v) is 5.71. The molecule has 0 atom stereocenters. The quantitative estimate of drug-likeness (QED) is 0.779. The molecular weight excluding hydrogens is 228 g/mol. The predicted octanol–water partition coefficient (Wildman–Crippen LogP) is 2.38. The Kier molecular flexibility index (Phi) is 5.25. The highest BCUT2D eigenvalue weighted by Gasteiger charge is 2.04. The summed E-state index contributed by atoms with van der Waals surface area (Å²) in [6.45, 7) is 4.96. The molecule has 0 aliphatic rings. The first-order valence-electron chi connectivity index (χ1n) is 5.34. The molecule has 0 fully saturated rings. The van der Waals surface area contributed by atoms with Gasteiger partial charge in [0, 0.05) is 7.05 Å². The van der Waals surface area contributed by atoms with E-state index < -0.39 is 0 Å². The van der Waals surface area contributed by atoms with Crippen molar-refractivity contribution in [1.29, 1.82) is 0 Å². The SMILES string of the molecule is CNc1nc(Cl)nc(OCCCC(C)C)n1. The van der Waals surface area contributed by atoms with Crippen molar-refractivity contribution in [3.8, 4) is 6.01 Å². The van der Waals surface area contributed by atoms with Crippen molar-refractivity contribution in [3.63, 3.8) is 0 Å². The molecule has 0 spiro atoms. The molecule has 0 aromatic carbocycles. The third-order valence-corrected chi connectivity index (χ3v) is 2.14. The fraction of sp³-hybridized carbons (Fsp3) is 0.700. The van der Waals surface area contributed by atoms with Gasteiger partial charge in [0.2, 0.25) is 11.2 Å². The molecule has 6 heteroatoms. The van der Waals surface area contributed by atoms with Crippen LogP contribution in [-0.4, -0.2) is 28.6 Å². The minimum Gasteiger partial charge on any atom is -0.463 e. The Morgan fingerprint density at radius 3 is 2.69 bits per heavy atom. The lowest BCUT2D eigenvalue weighted by Gasteiger charge is -2.07. The summed E-state index contributed by atoms with van der Waals surface area (Å²) in [5, 5.41) is 2.93. The third kappa shape index (κ3) is 4.61. The second-order valence-corrected chi connectivity index (χ2v) is 4.18. The molecule has 5 nitrogen and oxygen atoms in total. The molecule has 16 heavy (non-hydrogen) atoms. The van der Waals surface area contributed by atoms with E-state index in [0.717, 1.165) is 12.8 Å². The van der Waals surface area contributed by atoms with Crippen LogP contribution in [0.15, 0.2) is 0 Å². The average Bonchev–Trinajstić information content (AvgIpc) is 2.23. The maximum atomic E-state index is 5.71. The van der Waals surface area contributed by atoms with E-state index in [2.05, 4.69) is 34.1 Å². The van der Waals surface area contributed by atoms with Crippen LogP contribution in [0.25, 0.3) is 0 Å². The second kappa shape index (κ2) is 6.48. The molecule has 0 aliphatic heterocycles. The average molecular weight is 245 g/mol. The standard InChI is InChI=1S/C10H17ClN4O/c1-7(2)5-4-6-16-10-14-8(11)13-9(12-3)15-10/h7H,4-6H2,1-3H3,(H,12,13,14,15). The van der Waals surface area contributed by atoms with Crippen LogP contribution in [0.3, 0.4) is 0 Å². The molecule has 1 aromatic rings. The van der Waals surface area contributed by atoms with Crippen LogP contribution in [0.2, 0.25) is 5.28 Å². The van der Waals surface area contributed by atoms with Gasteiger partial charge in [-0.2, -0.15) is 15.0 Å². The largest absolute Gasteiger partial charge is 0.463 e. The summed E-state index contributed by atoms with van der Waals surface area (Å²) in [7, 11) is 1.72. The highest BCUT2D eigenvalue weighted by Crippen LogP contribution is 2.11. The summed E-state index contributed by atoms with van der Waals surface area (Å²) in [5.41, 5.74) is 0. The van der Waals surface area contributed by atoms with E-state index in [9.17, 15) is 0 Å². The number of aromatic nitrogens is 3. The van der Waals surface area contributed by atoms with Crippen molar-refractivity contribution in [2.45, 2.75) is 26.7 Å². The first-order chi connectivity index (χ1) is 7.61. The van der Waals surface area contributed by atoms with Gasteiger partial charge in [0.1, 0.15) is 0 Å². The number of anilines is 1. The summed E-state index contributed by atoms with van der Waals surface area (Å²) in [4.78, 5) is 11.8. The Hall–Kier alpha value is -1.10. The maximum Gasteiger partial charge on any atom is 0.322 e. The Bertz CT molecular complexity index is 333. The lowest BCUT2D eigenvalue weighted by atomic mass is 10.1. The molecule has 0 aliphatic carbocycles. The van der Waals surface area contributed by atoms with Crippen molar-refractivity contribution in [2.24, 2.45) is 5.92 Å². The van der Waals surface area contributed by atoms with Crippen LogP contribution in [0.4, 0.5) is 5.95 Å². The zero-order valence-electron chi connectivity index (χ0n) is 9.83. The van der Waals surface area contributed by atoms with Crippen molar-refractivity contribution in [3.05, 3.63) is 5.28 Å². The molecule has 0 radical (unpaired) electrons. The van der Waals surface area contributed by atoms with Crippen LogP contribution in [0, 0.1) is 5.92 Å². The number of hydrogen-bond donors (Lipinski definition) is 1. The Morgan fingerprint density at radius 2 is 2.06 bits per heavy atom. The topological polar surface area (TPSA) is 59.9 Å². The zero-order valence-corrected chi connectivity index (χ0v) is 10.6. The number of halogens is 1. The monoisotopic (exact) mass is 244 g/mol. The molecule has 1 N–H and O–H groups in total. The highest BCUT2D eigenvalue weighted by atomic mass is 35.5. The number of rotatable bonds is 6. The number of hydrogen-bond acceptors (Lipinski definition) is 5. The van der Waals surface area contributed by atoms with Crippen LogP contribution in [-0.2, 0) is 0 Å². The summed E-state index contributed by atoms with van der Waals surface area (Å²) in [6, 6.07) is 0.271. The number of nitrogens with zero attached hydrogens (tertiary/aromatic N) is 3. The third-order valence-electron chi connectivity index (χ3n) is 1.97. The summed E-state index contributed by atoms with van der Waals surface area (Å²) >= 11 is 5.71. The molecule has 0 bridgehead atoms. The van der Waals surface area contributed by atoms with E-state index in [-0.39, 0.29) is 11.3 Å². The number of nitrogens with one attached hydrogen (secondary N) is 1. The van der Waals surface area contributed by atoms with Crippen LogP contribution >= 0.6 is 11.6 Å². The Labute approximate surface area is 101 Å². The zero-order chi connectivity index (χ0) is 12.0. The van der Waals surface area contributed by atoms with E-state index >= 15 is 0 Å². The predicted molar refractivity (Wildman–Crippen MR) is 64.0 cm³/mol. The maximum absolute atomic E-state index is 5.71. The minimum absolute atomic E-state index is 0.137. The van der Waals surface area contributed by atoms with Crippen molar-refractivity contribution < 1.29 is 4.74 Å². The van der Waals surface area contributed by atoms with E-state index in [1.165, 1.54) is 0 Å². The van der Waals surface area contributed by atoms with Gasteiger partial charge in [0.05, 0.1) is 6.61 Å². The van der Waals surface area contributed by atoms with Gasteiger partial charge in [-0.25, -0.2) is 0 Å². The Morgan fingerprint density at radius 1 is 1.31 bits per heavy atom. The van der Waals surface area contributed by atoms with Crippen molar-refractivity contribution in [2.75, 3.05) is 19.0 Å². The van der Waals surface area contributed by atoms with E-state index in [1.54, 1.807) is 7.05 Å². The summed E-state index contributed by atoms with van der Waals surface area (Å²) in [5.74, 6) is 1.09. The lowest BCUT2D eigenvalue weighted by molar-refractivity contribution is 0.275. The van der Waals surface area contributed by atoms with Gasteiger partial charge >= 0.3 is 6.01 Å². The van der Waals surface area contributed by atoms with Crippen LogP contribution in [0.1, 0.15) is 26.7 Å². The molecule has 0 saturated carbocycles. The lowest BCUT2D eigenvalue weighted by Crippen LogP contribution is -2.06. The van der Waals surface area contributed by atoms with E-state index in [4.69, 9.17) is 16.3 Å². The molecule has 90 valence electrons. The first kappa shape index (κ1) is 13.0. The van der Waals surface area contributed by atoms with Gasteiger partial charge in [-0.1, -0.05) is 13.8 Å². The highest BCUT2D eigenvalue weighted by molar-refractivity contribution is 6.28. The van der Waals surface area contributed by atoms with Gasteiger partial charge in [-0.05, 0) is 30.4 Å². The molecular formula is C10H17ClN4O. The number of ether oxygens (including phenoxy) is 1. The van der Waals surface area contributed by atoms with Crippen LogP contribution < -0.4 is 10.1 Å². The molecule has 1 aromatic heterocycles. The fourth-order valence-corrected chi connectivity index (χ4v) is 1.32. The van der Waals surface area contributed by atoms with E-state index in [1.807, 2.05) is 0 Å². The molecule has 1 rings (SSSR count). The van der Waals surface area contributed by atoms with Gasteiger partial charge < -0.3 is 10.1 Å². The van der Waals surface area contributed by atoms with Gasteiger partial charge in [0.25, 0.3) is 0 Å². The normalized spacial score (nSPS) is 10.6. The smallest absolute Gasteiger partial charge is 0.322 e. The van der Waals surface area contributed by atoms with Gasteiger partial charge in [-0.15, -0.1) is 0 Å². The molecule has 0 unspecified atom stereocenters.